The minimum atomic E-state index is -1.02. The number of hydrogen-bond donors (Lipinski definition) is 2. The Bertz CT molecular complexity index is 873. The number of benzene rings is 2. The quantitative estimate of drug-likeness (QED) is 0.719. The highest BCUT2D eigenvalue weighted by Crippen LogP contribution is 2.27. The number of hydrogen-bond acceptors (Lipinski definition) is 6. The van der Waals surface area contributed by atoms with Gasteiger partial charge in [0.2, 0.25) is 0 Å². The Labute approximate surface area is 175 Å². The third-order valence-electron chi connectivity index (χ3n) is 5.12. The first-order valence-corrected chi connectivity index (χ1v) is 9.67. The van der Waals surface area contributed by atoms with E-state index in [0.717, 1.165) is 11.3 Å². The fourth-order valence-corrected chi connectivity index (χ4v) is 3.48. The van der Waals surface area contributed by atoms with Crippen LogP contribution in [-0.2, 0) is 16.1 Å². The molecule has 8 nitrogen and oxygen atoms in total. The molecule has 0 spiro atoms. The molecule has 2 aromatic carbocycles. The number of rotatable bonds is 7. The second-order valence-electron chi connectivity index (χ2n) is 7.05. The van der Waals surface area contributed by atoms with Crippen molar-refractivity contribution in [1.82, 2.24) is 5.32 Å². The Hall–Kier alpha value is -3.26. The molecule has 2 aromatic rings. The van der Waals surface area contributed by atoms with Crippen molar-refractivity contribution in [2.75, 3.05) is 32.2 Å². The summed E-state index contributed by atoms with van der Waals surface area (Å²) in [7, 11) is 3.09. The topological polar surface area (TPSA) is 97.3 Å². The normalized spacial score (nSPS) is 18.5. The molecule has 0 aromatic heterocycles. The third kappa shape index (κ3) is 5.42. The lowest BCUT2D eigenvalue weighted by molar-refractivity contribution is 0.0546. The standard InChI is InChI=1S/C22H26N2O6/c1-28-18-11-16(21(25)26)10-17(12-18)24-9-8-19(20(13-24)29-2)23-22(27)30-14-15-6-4-3-5-7-15/h3-7,10-12,19-20H,8-9,13-14H2,1-2H3,(H,23,27)(H,25,26). The van der Waals surface area contributed by atoms with Crippen LogP contribution in [0.4, 0.5) is 10.5 Å². The minimum absolute atomic E-state index is 0.156. The van der Waals surface area contributed by atoms with Gasteiger partial charge < -0.3 is 29.5 Å². The van der Waals surface area contributed by atoms with E-state index in [1.807, 2.05) is 35.2 Å². The molecule has 1 saturated heterocycles. The van der Waals surface area contributed by atoms with Crippen LogP contribution in [0.15, 0.2) is 48.5 Å². The summed E-state index contributed by atoms with van der Waals surface area (Å²) < 4.78 is 16.1. The van der Waals surface area contributed by atoms with Crippen molar-refractivity contribution in [2.45, 2.75) is 25.2 Å². The second-order valence-corrected chi connectivity index (χ2v) is 7.05. The first kappa shape index (κ1) is 21.4. The third-order valence-corrected chi connectivity index (χ3v) is 5.12. The number of anilines is 1. The van der Waals surface area contributed by atoms with Crippen LogP contribution >= 0.6 is 0 Å². The Kier molecular flexibility index (Phi) is 7.13. The Morgan fingerprint density at radius 2 is 1.93 bits per heavy atom. The van der Waals surface area contributed by atoms with Gasteiger partial charge in [-0.05, 0) is 24.1 Å². The van der Waals surface area contributed by atoms with E-state index in [0.29, 0.717) is 25.3 Å². The highest BCUT2D eigenvalue weighted by atomic mass is 16.5. The molecule has 2 atom stereocenters. The highest BCUT2D eigenvalue weighted by Gasteiger charge is 2.31. The monoisotopic (exact) mass is 414 g/mol. The molecule has 30 heavy (non-hydrogen) atoms. The maximum absolute atomic E-state index is 12.2. The molecule has 160 valence electrons. The lowest BCUT2D eigenvalue weighted by atomic mass is 10.0. The summed E-state index contributed by atoms with van der Waals surface area (Å²) in [5.74, 6) is -0.542. The van der Waals surface area contributed by atoms with E-state index in [1.165, 1.54) is 13.2 Å². The summed E-state index contributed by atoms with van der Waals surface area (Å²) in [5.41, 5.74) is 1.81. The number of alkyl carbamates (subject to hydrolysis) is 1. The van der Waals surface area contributed by atoms with Crippen molar-refractivity contribution in [1.29, 1.82) is 0 Å². The summed E-state index contributed by atoms with van der Waals surface area (Å²) in [6.45, 7) is 1.31. The maximum Gasteiger partial charge on any atom is 0.407 e. The zero-order valence-corrected chi connectivity index (χ0v) is 17.0. The molecule has 1 aliphatic heterocycles. The molecule has 2 unspecified atom stereocenters. The van der Waals surface area contributed by atoms with Crippen LogP contribution in [0.1, 0.15) is 22.3 Å². The van der Waals surface area contributed by atoms with Gasteiger partial charge in [0, 0.05) is 32.0 Å². The Morgan fingerprint density at radius 3 is 2.60 bits per heavy atom. The molecule has 8 heteroatoms. The van der Waals surface area contributed by atoms with Crippen molar-refractivity contribution >= 4 is 17.7 Å². The number of methoxy groups -OCH3 is 2. The van der Waals surface area contributed by atoms with Gasteiger partial charge in [-0.15, -0.1) is 0 Å². The predicted octanol–water partition coefficient (Wildman–Crippen LogP) is 2.91. The predicted molar refractivity (Wildman–Crippen MR) is 111 cm³/mol. The summed E-state index contributed by atoms with van der Waals surface area (Å²) >= 11 is 0. The van der Waals surface area contributed by atoms with E-state index in [2.05, 4.69) is 5.32 Å². The van der Waals surface area contributed by atoms with Gasteiger partial charge in [0.15, 0.2) is 0 Å². The SMILES string of the molecule is COc1cc(C(=O)O)cc(N2CCC(NC(=O)OCc3ccccc3)C(OC)C2)c1. The first-order valence-electron chi connectivity index (χ1n) is 9.67. The molecule has 0 radical (unpaired) electrons. The molecule has 1 fully saturated rings. The van der Waals surface area contributed by atoms with Gasteiger partial charge in [-0.25, -0.2) is 9.59 Å². The van der Waals surface area contributed by atoms with Gasteiger partial charge >= 0.3 is 12.1 Å². The van der Waals surface area contributed by atoms with Crippen molar-refractivity contribution in [3.63, 3.8) is 0 Å². The van der Waals surface area contributed by atoms with Crippen LogP contribution in [0.5, 0.6) is 5.75 Å². The Morgan fingerprint density at radius 1 is 1.17 bits per heavy atom. The van der Waals surface area contributed by atoms with Crippen molar-refractivity contribution in [3.8, 4) is 5.75 Å². The molecule has 1 amide bonds. The van der Waals surface area contributed by atoms with Crippen molar-refractivity contribution in [2.24, 2.45) is 0 Å². The molecular weight excluding hydrogens is 388 g/mol. The van der Waals surface area contributed by atoms with E-state index in [4.69, 9.17) is 14.2 Å². The lowest BCUT2D eigenvalue weighted by Gasteiger charge is -2.39. The maximum atomic E-state index is 12.2. The second kappa shape index (κ2) is 9.98. The number of carboxylic acid groups (broad SMARTS) is 1. The van der Waals surface area contributed by atoms with Crippen molar-refractivity contribution < 1.29 is 28.9 Å². The number of nitrogens with zero attached hydrogens (tertiary/aromatic N) is 1. The number of amides is 1. The molecular formula is C22H26N2O6. The van der Waals surface area contributed by atoms with E-state index < -0.39 is 12.1 Å². The van der Waals surface area contributed by atoms with Crippen LogP contribution in [0.3, 0.4) is 0 Å². The van der Waals surface area contributed by atoms with Crippen LogP contribution in [0.2, 0.25) is 0 Å². The molecule has 2 N–H and O–H groups in total. The fourth-order valence-electron chi connectivity index (χ4n) is 3.48. The number of piperidine rings is 1. The van der Waals surface area contributed by atoms with E-state index in [9.17, 15) is 14.7 Å². The van der Waals surface area contributed by atoms with Gasteiger partial charge in [-0.2, -0.15) is 0 Å². The van der Waals surface area contributed by atoms with Crippen LogP contribution in [0.25, 0.3) is 0 Å². The van der Waals surface area contributed by atoms with Crippen LogP contribution < -0.4 is 15.0 Å². The lowest BCUT2D eigenvalue weighted by Crippen LogP contribution is -2.55. The first-order chi connectivity index (χ1) is 14.5. The van der Waals surface area contributed by atoms with Crippen molar-refractivity contribution in [3.05, 3.63) is 59.7 Å². The van der Waals surface area contributed by atoms with Crippen LogP contribution in [0, 0.1) is 0 Å². The molecule has 0 bridgehead atoms. The van der Waals surface area contributed by atoms with Crippen LogP contribution in [-0.4, -0.2) is 56.6 Å². The minimum Gasteiger partial charge on any atom is -0.497 e. The van der Waals surface area contributed by atoms with Gasteiger partial charge in [-0.3, -0.25) is 0 Å². The summed E-state index contributed by atoms with van der Waals surface area (Å²) in [4.78, 5) is 25.6. The van der Waals surface area contributed by atoms with E-state index in [-0.39, 0.29) is 24.3 Å². The summed E-state index contributed by atoms with van der Waals surface area (Å²) in [6.07, 6.45) is -0.144. The van der Waals surface area contributed by atoms with Gasteiger partial charge in [0.25, 0.3) is 0 Å². The fraction of sp³-hybridized carbons (Fsp3) is 0.364. The number of aromatic carboxylic acids is 1. The average molecular weight is 414 g/mol. The smallest absolute Gasteiger partial charge is 0.407 e. The largest absolute Gasteiger partial charge is 0.497 e. The summed E-state index contributed by atoms with van der Waals surface area (Å²) in [5, 5.41) is 12.2. The van der Waals surface area contributed by atoms with Gasteiger partial charge in [-0.1, -0.05) is 30.3 Å². The zero-order chi connectivity index (χ0) is 21.5. The number of carboxylic acids is 1. The van der Waals surface area contributed by atoms with E-state index in [1.54, 1.807) is 19.2 Å². The Balaban J connectivity index is 1.61. The number of carbonyl (C=O) groups is 2. The average Bonchev–Trinajstić information content (AvgIpc) is 2.78. The molecule has 1 heterocycles. The molecule has 0 aliphatic carbocycles. The zero-order valence-electron chi connectivity index (χ0n) is 17.0. The van der Waals surface area contributed by atoms with E-state index >= 15 is 0 Å². The molecule has 1 aliphatic rings. The highest BCUT2D eigenvalue weighted by molar-refractivity contribution is 5.89. The number of ether oxygens (including phenoxy) is 3. The summed E-state index contributed by atoms with van der Waals surface area (Å²) in [6, 6.07) is 14.1. The number of carbonyl (C=O) groups excluding carboxylic acids is 1. The molecule has 3 rings (SSSR count). The van der Waals surface area contributed by atoms with Gasteiger partial charge in [0.1, 0.15) is 12.4 Å². The molecule has 0 saturated carbocycles. The van der Waals surface area contributed by atoms with Gasteiger partial charge in [0.05, 0.1) is 24.8 Å². The number of nitrogens with one attached hydrogen (secondary N) is 1.